The van der Waals surface area contributed by atoms with Gasteiger partial charge in [0, 0.05) is 5.39 Å². The summed E-state index contributed by atoms with van der Waals surface area (Å²) in [4.78, 5) is 0.0743. The molecule has 2 atom stereocenters. The molecule has 0 bridgehead atoms. The first kappa shape index (κ1) is 18.7. The number of benzene rings is 2. The molecular weight excluding hydrogens is 399 g/mol. The minimum Gasteiger partial charge on any atom is -0.494 e. The van der Waals surface area contributed by atoms with E-state index in [0.29, 0.717) is 10.8 Å². The summed E-state index contributed by atoms with van der Waals surface area (Å²) < 4.78 is 11.5. The van der Waals surface area contributed by atoms with E-state index in [1.807, 2.05) is 37.3 Å². The second-order valence-electron chi connectivity index (χ2n) is 5.36. The highest BCUT2D eigenvalue weighted by Gasteiger charge is 2.18. The van der Waals surface area contributed by atoms with Crippen molar-refractivity contribution >= 4 is 49.9 Å². The lowest BCUT2D eigenvalue weighted by Crippen LogP contribution is -2.20. The molecule has 0 saturated heterocycles. The second kappa shape index (κ2) is 9.00. The summed E-state index contributed by atoms with van der Waals surface area (Å²) in [7, 11) is 0. The molecular formula is C18H21BrCl2O2. The zero-order chi connectivity index (χ0) is 16.8. The number of hydrogen-bond acceptors (Lipinski definition) is 2. The maximum absolute atomic E-state index is 6.47. The first-order chi connectivity index (χ1) is 11.1. The van der Waals surface area contributed by atoms with Gasteiger partial charge in [-0.25, -0.2) is 0 Å². The molecule has 0 aromatic heterocycles. The van der Waals surface area contributed by atoms with E-state index in [4.69, 9.17) is 32.7 Å². The molecule has 0 radical (unpaired) electrons. The van der Waals surface area contributed by atoms with Crippen molar-refractivity contribution in [3.05, 3.63) is 35.4 Å². The Bertz CT molecular complexity index is 648. The summed E-state index contributed by atoms with van der Waals surface area (Å²) in [5, 5.41) is 2.52. The van der Waals surface area contributed by atoms with Crippen LogP contribution in [-0.2, 0) is 0 Å². The molecule has 2 unspecified atom stereocenters. The number of hydrogen-bond donors (Lipinski definition) is 0. The van der Waals surface area contributed by atoms with Crippen molar-refractivity contribution < 1.29 is 9.47 Å². The zero-order valence-electron chi connectivity index (χ0n) is 13.3. The Morgan fingerprint density at radius 1 is 1.17 bits per heavy atom. The first-order valence-electron chi connectivity index (χ1n) is 7.86. The molecule has 2 rings (SSSR count). The van der Waals surface area contributed by atoms with E-state index in [-0.39, 0.29) is 4.83 Å². The van der Waals surface area contributed by atoms with Gasteiger partial charge in [0.2, 0.25) is 0 Å². The van der Waals surface area contributed by atoms with E-state index >= 15 is 0 Å². The van der Waals surface area contributed by atoms with Crippen LogP contribution in [0.15, 0.2) is 30.3 Å². The van der Waals surface area contributed by atoms with Crippen LogP contribution in [0.5, 0.6) is 11.5 Å². The molecule has 0 aliphatic carbocycles. The topological polar surface area (TPSA) is 18.5 Å². The van der Waals surface area contributed by atoms with Crippen LogP contribution >= 0.6 is 39.1 Å². The average Bonchev–Trinajstić information content (AvgIpc) is 2.56. The van der Waals surface area contributed by atoms with Gasteiger partial charge in [-0.3, -0.25) is 0 Å². The average molecular weight is 420 g/mol. The quantitative estimate of drug-likeness (QED) is 0.346. The molecule has 0 heterocycles. The van der Waals surface area contributed by atoms with E-state index in [2.05, 4.69) is 22.9 Å². The summed E-state index contributed by atoms with van der Waals surface area (Å²) in [5.74, 6) is 1.45. The summed E-state index contributed by atoms with van der Waals surface area (Å²) >= 11 is 16.2. The number of alkyl halides is 2. The van der Waals surface area contributed by atoms with Crippen LogP contribution in [0.2, 0.25) is 5.02 Å². The fourth-order valence-electron chi connectivity index (χ4n) is 2.15. The highest BCUT2D eigenvalue weighted by molar-refractivity contribution is 9.09. The van der Waals surface area contributed by atoms with Crippen molar-refractivity contribution in [3.63, 3.8) is 0 Å². The van der Waals surface area contributed by atoms with Crippen LogP contribution in [0.25, 0.3) is 10.8 Å². The highest BCUT2D eigenvalue weighted by Crippen LogP contribution is 2.36. The normalized spacial score (nSPS) is 13.8. The number of ether oxygens (including phenoxy) is 2. The van der Waals surface area contributed by atoms with Crippen molar-refractivity contribution in [1.29, 1.82) is 0 Å². The number of halogens is 3. The molecule has 2 aromatic rings. The Labute approximate surface area is 156 Å². The molecule has 0 N–H and O–H groups in total. The molecule has 2 aromatic carbocycles. The maximum Gasteiger partial charge on any atom is 0.184 e. The van der Waals surface area contributed by atoms with Gasteiger partial charge < -0.3 is 9.47 Å². The largest absolute Gasteiger partial charge is 0.494 e. The molecule has 5 heteroatoms. The fraction of sp³-hybridized carbons (Fsp3) is 0.444. The second-order valence-corrected chi connectivity index (χ2v) is 7.34. The van der Waals surface area contributed by atoms with Crippen molar-refractivity contribution in [1.82, 2.24) is 0 Å². The van der Waals surface area contributed by atoms with Gasteiger partial charge >= 0.3 is 0 Å². The van der Waals surface area contributed by atoms with Crippen LogP contribution in [0.3, 0.4) is 0 Å². The lowest BCUT2D eigenvalue weighted by Gasteiger charge is -2.18. The lowest BCUT2D eigenvalue weighted by atomic mass is 10.1. The molecule has 0 amide bonds. The molecule has 126 valence electrons. The van der Waals surface area contributed by atoms with Gasteiger partial charge in [0.25, 0.3) is 0 Å². The minimum atomic E-state index is -0.466. The standard InChI is InChI=1S/C18H21BrCl2O2/c1-3-5-10-22-13-7-8-14-12(11-13)6-9-16(17(14)20)23-18(21)15(19)4-2/h6-9,11,15,18H,3-5,10H2,1-2H3. The summed E-state index contributed by atoms with van der Waals surface area (Å²) in [6, 6.07) is 9.72. The van der Waals surface area contributed by atoms with Gasteiger partial charge in [0.15, 0.2) is 5.56 Å². The van der Waals surface area contributed by atoms with Crippen molar-refractivity contribution in [2.24, 2.45) is 0 Å². The van der Waals surface area contributed by atoms with E-state index < -0.39 is 5.56 Å². The lowest BCUT2D eigenvalue weighted by molar-refractivity contribution is 0.277. The van der Waals surface area contributed by atoms with Crippen LogP contribution in [0, 0.1) is 0 Å². The van der Waals surface area contributed by atoms with Crippen molar-refractivity contribution in [2.75, 3.05) is 6.61 Å². The first-order valence-corrected chi connectivity index (χ1v) is 9.59. The number of unbranched alkanes of at least 4 members (excludes halogenated alkanes) is 1. The van der Waals surface area contributed by atoms with Gasteiger partial charge in [-0.1, -0.05) is 65.5 Å². The van der Waals surface area contributed by atoms with Crippen molar-refractivity contribution in [2.45, 2.75) is 43.5 Å². The third-order valence-corrected chi connectivity index (χ3v) is 5.79. The SMILES string of the molecule is CCCCOc1ccc2c(Cl)c(OC(Cl)C(Br)CC)ccc2c1. The smallest absolute Gasteiger partial charge is 0.184 e. The van der Waals surface area contributed by atoms with Gasteiger partial charge in [-0.2, -0.15) is 0 Å². The van der Waals surface area contributed by atoms with E-state index in [0.717, 1.165) is 42.4 Å². The Kier molecular flexibility index (Phi) is 7.32. The van der Waals surface area contributed by atoms with E-state index in [1.54, 1.807) is 0 Å². The fourth-order valence-corrected chi connectivity index (χ4v) is 2.81. The van der Waals surface area contributed by atoms with E-state index in [9.17, 15) is 0 Å². The Morgan fingerprint density at radius 2 is 1.96 bits per heavy atom. The number of rotatable bonds is 8. The predicted molar refractivity (Wildman–Crippen MR) is 103 cm³/mol. The zero-order valence-corrected chi connectivity index (χ0v) is 16.4. The van der Waals surface area contributed by atoms with Crippen LogP contribution in [0.4, 0.5) is 0 Å². The number of fused-ring (bicyclic) bond motifs is 1. The molecule has 23 heavy (non-hydrogen) atoms. The molecule has 0 aliphatic rings. The van der Waals surface area contributed by atoms with Crippen molar-refractivity contribution in [3.8, 4) is 11.5 Å². The monoisotopic (exact) mass is 418 g/mol. The van der Waals surface area contributed by atoms with Gasteiger partial charge in [-0.05, 0) is 42.5 Å². The van der Waals surface area contributed by atoms with E-state index in [1.165, 1.54) is 0 Å². The molecule has 0 spiro atoms. The molecule has 0 aliphatic heterocycles. The van der Waals surface area contributed by atoms with Crippen LogP contribution < -0.4 is 9.47 Å². The summed E-state index contributed by atoms with van der Waals surface area (Å²) in [6.45, 7) is 4.92. The summed E-state index contributed by atoms with van der Waals surface area (Å²) in [5.41, 5.74) is -0.466. The minimum absolute atomic E-state index is 0.0743. The predicted octanol–water partition coefficient (Wildman–Crippen LogP) is 6.79. The van der Waals surface area contributed by atoms with Crippen LogP contribution in [0.1, 0.15) is 33.1 Å². The molecule has 2 nitrogen and oxygen atoms in total. The maximum atomic E-state index is 6.47. The third-order valence-electron chi connectivity index (χ3n) is 3.57. The van der Waals surface area contributed by atoms with Gasteiger partial charge in [-0.15, -0.1) is 0 Å². The Balaban J connectivity index is 2.20. The Hall–Kier alpha value is -0.640. The molecule has 0 fully saturated rings. The third kappa shape index (κ3) is 4.91. The summed E-state index contributed by atoms with van der Waals surface area (Å²) in [6.07, 6.45) is 3.04. The Morgan fingerprint density at radius 3 is 2.65 bits per heavy atom. The molecule has 0 saturated carbocycles. The van der Waals surface area contributed by atoms with Gasteiger partial charge in [0.1, 0.15) is 11.5 Å². The van der Waals surface area contributed by atoms with Gasteiger partial charge in [0.05, 0.1) is 16.5 Å². The highest BCUT2D eigenvalue weighted by atomic mass is 79.9. The van der Waals surface area contributed by atoms with Crippen LogP contribution in [-0.4, -0.2) is 17.0 Å².